The summed E-state index contributed by atoms with van der Waals surface area (Å²) in [4.78, 5) is 15.2. The van der Waals surface area contributed by atoms with Gasteiger partial charge in [-0.3, -0.25) is 0 Å². The van der Waals surface area contributed by atoms with Crippen LogP contribution in [0.4, 0.5) is 4.79 Å². The second kappa shape index (κ2) is 3.33. The topological polar surface area (TPSA) is 23.6 Å². The Morgan fingerprint density at radius 3 is 2.33 bits per heavy atom. The predicted molar refractivity (Wildman–Crippen MR) is 49.0 cm³/mol. The van der Waals surface area contributed by atoms with Gasteiger partial charge in [-0.1, -0.05) is 6.92 Å². The highest BCUT2D eigenvalue weighted by atomic mass is 16.2. The minimum atomic E-state index is 0.170. The van der Waals surface area contributed by atoms with Crippen molar-refractivity contribution in [2.75, 3.05) is 20.1 Å². The molecule has 1 heterocycles. The van der Waals surface area contributed by atoms with Crippen molar-refractivity contribution >= 4 is 6.03 Å². The summed E-state index contributed by atoms with van der Waals surface area (Å²) in [7, 11) is 1.86. The third-order valence-corrected chi connectivity index (χ3v) is 2.41. The summed E-state index contributed by atoms with van der Waals surface area (Å²) in [5.41, 5.74) is 0. The van der Waals surface area contributed by atoms with Crippen LogP contribution in [0.15, 0.2) is 0 Å². The van der Waals surface area contributed by atoms with Crippen molar-refractivity contribution in [1.82, 2.24) is 9.80 Å². The zero-order chi connectivity index (χ0) is 9.30. The van der Waals surface area contributed by atoms with Crippen molar-refractivity contribution in [1.29, 1.82) is 0 Å². The van der Waals surface area contributed by atoms with E-state index in [1.807, 2.05) is 25.8 Å². The summed E-state index contributed by atoms with van der Waals surface area (Å²) < 4.78 is 0. The molecule has 0 saturated carbocycles. The highest BCUT2D eigenvalue weighted by Gasteiger charge is 2.29. The molecule has 0 aliphatic carbocycles. The summed E-state index contributed by atoms with van der Waals surface area (Å²) in [6, 6.07) is 0.469. The van der Waals surface area contributed by atoms with Gasteiger partial charge >= 0.3 is 6.03 Å². The summed E-state index contributed by atoms with van der Waals surface area (Å²) in [5, 5.41) is 0. The standard InChI is InChI=1S/C9H18N2O/c1-7(2)10(4)9(12)11-5-8(3)6-11/h7-8H,5-6H2,1-4H3. The lowest BCUT2D eigenvalue weighted by atomic mass is 10.0. The van der Waals surface area contributed by atoms with Crippen molar-refractivity contribution in [3.05, 3.63) is 0 Å². The monoisotopic (exact) mass is 170 g/mol. The van der Waals surface area contributed by atoms with Gasteiger partial charge in [0.2, 0.25) is 0 Å². The average Bonchev–Trinajstić information content (AvgIpc) is 1.95. The molecule has 0 spiro atoms. The molecule has 0 N–H and O–H groups in total. The quantitative estimate of drug-likeness (QED) is 0.583. The van der Waals surface area contributed by atoms with Crippen LogP contribution in [0.5, 0.6) is 0 Å². The number of urea groups is 1. The largest absolute Gasteiger partial charge is 0.325 e. The van der Waals surface area contributed by atoms with Gasteiger partial charge in [-0.25, -0.2) is 4.79 Å². The average molecular weight is 170 g/mol. The molecule has 1 aliphatic heterocycles. The first-order valence-corrected chi connectivity index (χ1v) is 4.54. The molecule has 0 bridgehead atoms. The second-order valence-corrected chi connectivity index (χ2v) is 4.00. The van der Waals surface area contributed by atoms with E-state index < -0.39 is 0 Å². The normalized spacial score (nSPS) is 17.9. The van der Waals surface area contributed by atoms with E-state index >= 15 is 0 Å². The molecule has 0 unspecified atom stereocenters. The number of carbonyl (C=O) groups is 1. The van der Waals surface area contributed by atoms with E-state index in [9.17, 15) is 4.79 Å². The van der Waals surface area contributed by atoms with Crippen LogP contribution >= 0.6 is 0 Å². The maximum atomic E-state index is 11.6. The van der Waals surface area contributed by atoms with Crippen LogP contribution in [0.1, 0.15) is 20.8 Å². The van der Waals surface area contributed by atoms with Crippen molar-refractivity contribution in [2.24, 2.45) is 5.92 Å². The van der Waals surface area contributed by atoms with Gasteiger partial charge in [0.1, 0.15) is 0 Å². The Balaban J connectivity index is 2.38. The van der Waals surface area contributed by atoms with Crippen molar-refractivity contribution in [3.63, 3.8) is 0 Å². The van der Waals surface area contributed by atoms with E-state index in [2.05, 4.69) is 6.92 Å². The summed E-state index contributed by atoms with van der Waals surface area (Å²) in [6.07, 6.45) is 0. The number of nitrogens with zero attached hydrogens (tertiary/aromatic N) is 2. The Hall–Kier alpha value is -0.730. The van der Waals surface area contributed by atoms with Gasteiger partial charge in [-0.2, -0.15) is 0 Å². The molecule has 1 fully saturated rings. The Labute approximate surface area is 74.3 Å². The SMILES string of the molecule is CC1CN(C(=O)N(C)C(C)C)C1. The Kier molecular flexibility index (Phi) is 2.60. The Morgan fingerprint density at radius 2 is 2.00 bits per heavy atom. The zero-order valence-electron chi connectivity index (χ0n) is 8.37. The van der Waals surface area contributed by atoms with Crippen LogP contribution < -0.4 is 0 Å². The van der Waals surface area contributed by atoms with Crippen LogP contribution in [0, 0.1) is 5.92 Å². The van der Waals surface area contributed by atoms with E-state index in [4.69, 9.17) is 0 Å². The molecule has 0 aromatic carbocycles. The molecule has 70 valence electrons. The van der Waals surface area contributed by atoms with Crippen molar-refractivity contribution in [3.8, 4) is 0 Å². The van der Waals surface area contributed by atoms with Crippen LogP contribution in [0.25, 0.3) is 0 Å². The minimum Gasteiger partial charge on any atom is -0.325 e. The number of carbonyl (C=O) groups excluding carboxylic acids is 1. The van der Waals surface area contributed by atoms with Gasteiger partial charge in [0.15, 0.2) is 0 Å². The number of rotatable bonds is 1. The third kappa shape index (κ3) is 1.71. The molecule has 0 aromatic heterocycles. The first kappa shape index (κ1) is 9.36. The molecule has 1 aliphatic rings. The fraction of sp³-hybridized carbons (Fsp3) is 0.889. The van der Waals surface area contributed by atoms with Gasteiger partial charge in [0, 0.05) is 26.2 Å². The summed E-state index contributed by atoms with van der Waals surface area (Å²) in [6.45, 7) is 8.08. The smallest absolute Gasteiger partial charge is 0.319 e. The van der Waals surface area contributed by atoms with E-state index in [-0.39, 0.29) is 6.03 Å². The van der Waals surface area contributed by atoms with E-state index in [0.29, 0.717) is 12.0 Å². The highest BCUT2D eigenvalue weighted by Crippen LogP contribution is 2.16. The van der Waals surface area contributed by atoms with Crippen LogP contribution in [0.3, 0.4) is 0 Å². The highest BCUT2D eigenvalue weighted by molar-refractivity contribution is 5.75. The molecule has 0 radical (unpaired) electrons. The molecule has 1 rings (SSSR count). The van der Waals surface area contributed by atoms with E-state index in [1.165, 1.54) is 0 Å². The van der Waals surface area contributed by atoms with E-state index in [0.717, 1.165) is 13.1 Å². The molecular formula is C9H18N2O. The molecule has 0 atom stereocenters. The summed E-state index contributed by atoms with van der Waals surface area (Å²) in [5.74, 6) is 0.689. The third-order valence-electron chi connectivity index (χ3n) is 2.41. The number of hydrogen-bond donors (Lipinski definition) is 0. The molecule has 12 heavy (non-hydrogen) atoms. The molecule has 2 amide bonds. The van der Waals surface area contributed by atoms with Crippen molar-refractivity contribution in [2.45, 2.75) is 26.8 Å². The fourth-order valence-corrected chi connectivity index (χ4v) is 1.30. The first-order chi connectivity index (χ1) is 5.52. The van der Waals surface area contributed by atoms with Crippen molar-refractivity contribution < 1.29 is 4.79 Å². The first-order valence-electron chi connectivity index (χ1n) is 4.54. The lowest BCUT2D eigenvalue weighted by molar-refractivity contribution is 0.0968. The zero-order valence-corrected chi connectivity index (χ0v) is 8.37. The second-order valence-electron chi connectivity index (χ2n) is 4.00. The maximum absolute atomic E-state index is 11.6. The molecular weight excluding hydrogens is 152 g/mol. The Bertz CT molecular complexity index is 173. The minimum absolute atomic E-state index is 0.170. The van der Waals surface area contributed by atoms with Crippen LogP contribution in [-0.2, 0) is 0 Å². The van der Waals surface area contributed by atoms with Crippen LogP contribution in [0.2, 0.25) is 0 Å². The van der Waals surface area contributed by atoms with Gasteiger partial charge in [0.25, 0.3) is 0 Å². The molecule has 1 saturated heterocycles. The van der Waals surface area contributed by atoms with E-state index in [1.54, 1.807) is 4.90 Å². The molecule has 3 nitrogen and oxygen atoms in total. The summed E-state index contributed by atoms with van der Waals surface area (Å²) >= 11 is 0. The number of likely N-dealkylation sites (tertiary alicyclic amines) is 1. The van der Waals surface area contributed by atoms with Gasteiger partial charge in [-0.15, -0.1) is 0 Å². The van der Waals surface area contributed by atoms with Gasteiger partial charge in [0.05, 0.1) is 0 Å². The lowest BCUT2D eigenvalue weighted by Gasteiger charge is -2.40. The Morgan fingerprint density at radius 1 is 1.50 bits per heavy atom. The van der Waals surface area contributed by atoms with Gasteiger partial charge < -0.3 is 9.80 Å². The molecule has 0 aromatic rings. The fourth-order valence-electron chi connectivity index (χ4n) is 1.30. The maximum Gasteiger partial charge on any atom is 0.319 e. The lowest BCUT2D eigenvalue weighted by Crippen LogP contribution is -2.54. The molecule has 3 heteroatoms. The number of amides is 2. The van der Waals surface area contributed by atoms with Gasteiger partial charge in [-0.05, 0) is 19.8 Å². The number of hydrogen-bond acceptors (Lipinski definition) is 1. The van der Waals surface area contributed by atoms with Crippen LogP contribution in [-0.4, -0.2) is 42.0 Å². The predicted octanol–water partition coefficient (Wildman–Crippen LogP) is 1.40.